The van der Waals surface area contributed by atoms with E-state index in [-0.39, 0.29) is 11.8 Å². The number of hydrogen-bond acceptors (Lipinski definition) is 5. The Bertz CT molecular complexity index is 919. The van der Waals surface area contributed by atoms with Crippen molar-refractivity contribution in [2.24, 2.45) is 0 Å². The molecule has 1 unspecified atom stereocenters. The van der Waals surface area contributed by atoms with Crippen molar-refractivity contribution in [3.8, 4) is 11.3 Å². The van der Waals surface area contributed by atoms with Crippen molar-refractivity contribution < 1.29 is 13.7 Å². The molecule has 0 bridgehead atoms. The molecule has 0 saturated carbocycles. The third-order valence-corrected chi connectivity index (χ3v) is 4.38. The molecule has 0 aliphatic carbocycles. The van der Waals surface area contributed by atoms with Gasteiger partial charge in [-0.2, -0.15) is 10.1 Å². The number of nitrogens with one attached hydrogen (secondary N) is 1. The van der Waals surface area contributed by atoms with E-state index in [2.05, 4.69) is 20.3 Å². The standard InChI is InChI=1S/C17H16FN5O2/c1-10-20-16(25-22-10)11-6-7-23(9-11)17(24)13-8-19-21-15(13)12-4-2-3-5-14(12)18/h2-5,8,11H,6-7,9H2,1H3,(H,19,21). The number of hydrogen-bond donors (Lipinski definition) is 1. The largest absolute Gasteiger partial charge is 0.339 e. The molecule has 25 heavy (non-hydrogen) atoms. The zero-order valence-electron chi connectivity index (χ0n) is 13.6. The molecule has 0 radical (unpaired) electrons. The minimum absolute atomic E-state index is 0.0222. The highest BCUT2D eigenvalue weighted by Gasteiger charge is 2.33. The van der Waals surface area contributed by atoms with Crippen LogP contribution < -0.4 is 0 Å². The van der Waals surface area contributed by atoms with Crippen LogP contribution in [0.25, 0.3) is 11.3 Å². The molecule has 2 aromatic heterocycles. The zero-order chi connectivity index (χ0) is 17.4. The molecule has 1 atom stereocenters. The number of likely N-dealkylation sites (tertiary alicyclic amines) is 1. The molecule has 7 nitrogen and oxygen atoms in total. The van der Waals surface area contributed by atoms with Crippen LogP contribution in [0.5, 0.6) is 0 Å². The fourth-order valence-corrected chi connectivity index (χ4v) is 3.11. The summed E-state index contributed by atoms with van der Waals surface area (Å²) in [5, 5.41) is 10.5. The SMILES string of the molecule is Cc1noc(C2CCN(C(=O)c3cn[nH]c3-c3ccccc3F)C2)n1. The van der Waals surface area contributed by atoms with Crippen molar-refractivity contribution in [2.75, 3.05) is 13.1 Å². The Balaban J connectivity index is 1.57. The molecular formula is C17H16FN5O2. The summed E-state index contributed by atoms with van der Waals surface area (Å²) < 4.78 is 19.3. The lowest BCUT2D eigenvalue weighted by atomic mass is 10.1. The van der Waals surface area contributed by atoms with Gasteiger partial charge in [-0.05, 0) is 25.5 Å². The molecule has 3 aromatic rings. The van der Waals surface area contributed by atoms with Crippen LogP contribution in [0, 0.1) is 12.7 Å². The van der Waals surface area contributed by atoms with Crippen molar-refractivity contribution in [1.82, 2.24) is 25.2 Å². The van der Waals surface area contributed by atoms with Crippen LogP contribution in [0.1, 0.15) is 34.4 Å². The minimum atomic E-state index is -0.401. The Labute approximate surface area is 142 Å². The lowest BCUT2D eigenvalue weighted by Crippen LogP contribution is -2.28. The summed E-state index contributed by atoms with van der Waals surface area (Å²) in [4.78, 5) is 18.8. The van der Waals surface area contributed by atoms with Gasteiger partial charge in [0.15, 0.2) is 5.82 Å². The first-order chi connectivity index (χ1) is 12.1. The highest BCUT2D eigenvalue weighted by molar-refractivity contribution is 6.00. The number of rotatable bonds is 3. The molecule has 1 aliphatic rings. The molecule has 4 rings (SSSR count). The topological polar surface area (TPSA) is 87.9 Å². The Morgan fingerprint density at radius 2 is 2.24 bits per heavy atom. The maximum absolute atomic E-state index is 14.1. The fourth-order valence-electron chi connectivity index (χ4n) is 3.11. The van der Waals surface area contributed by atoms with Crippen molar-refractivity contribution in [3.05, 3.63) is 53.6 Å². The summed E-state index contributed by atoms with van der Waals surface area (Å²) in [7, 11) is 0. The van der Waals surface area contributed by atoms with Gasteiger partial charge < -0.3 is 9.42 Å². The second-order valence-electron chi connectivity index (χ2n) is 6.06. The average molecular weight is 341 g/mol. The fraction of sp³-hybridized carbons (Fsp3) is 0.294. The Kier molecular flexibility index (Phi) is 3.79. The second-order valence-corrected chi connectivity index (χ2v) is 6.06. The molecule has 128 valence electrons. The number of carbonyl (C=O) groups excluding carboxylic acids is 1. The summed E-state index contributed by atoms with van der Waals surface area (Å²) >= 11 is 0. The normalized spacial score (nSPS) is 17.2. The molecule has 1 fully saturated rings. The van der Waals surface area contributed by atoms with Gasteiger partial charge in [0.1, 0.15) is 5.82 Å². The van der Waals surface area contributed by atoms with Gasteiger partial charge in [0.2, 0.25) is 5.89 Å². The molecule has 8 heteroatoms. The highest BCUT2D eigenvalue weighted by atomic mass is 19.1. The van der Waals surface area contributed by atoms with Crippen molar-refractivity contribution in [3.63, 3.8) is 0 Å². The molecule has 0 spiro atoms. The van der Waals surface area contributed by atoms with Gasteiger partial charge in [0.25, 0.3) is 5.91 Å². The van der Waals surface area contributed by atoms with E-state index in [0.717, 1.165) is 6.42 Å². The summed E-state index contributed by atoms with van der Waals surface area (Å²) in [6.07, 6.45) is 2.19. The van der Waals surface area contributed by atoms with Gasteiger partial charge in [-0.15, -0.1) is 0 Å². The average Bonchev–Trinajstić information content (AvgIpc) is 3.34. The number of H-pyrrole nitrogens is 1. The summed E-state index contributed by atoms with van der Waals surface area (Å²) in [6.45, 7) is 2.83. The molecule has 1 N–H and O–H groups in total. The second kappa shape index (κ2) is 6.12. The molecule has 1 aliphatic heterocycles. The van der Waals surface area contributed by atoms with E-state index in [4.69, 9.17) is 4.52 Å². The summed E-state index contributed by atoms with van der Waals surface area (Å²) in [5.41, 5.74) is 1.07. The van der Waals surface area contributed by atoms with Crippen LogP contribution in [0.2, 0.25) is 0 Å². The number of carbonyl (C=O) groups is 1. The lowest BCUT2D eigenvalue weighted by molar-refractivity contribution is 0.0790. The maximum Gasteiger partial charge on any atom is 0.257 e. The highest BCUT2D eigenvalue weighted by Crippen LogP contribution is 2.30. The van der Waals surface area contributed by atoms with Crippen LogP contribution in [0.3, 0.4) is 0 Å². The van der Waals surface area contributed by atoms with Gasteiger partial charge >= 0.3 is 0 Å². The zero-order valence-corrected chi connectivity index (χ0v) is 13.6. The van der Waals surface area contributed by atoms with E-state index in [0.29, 0.717) is 41.6 Å². The van der Waals surface area contributed by atoms with E-state index in [1.807, 2.05) is 0 Å². The molecular weight excluding hydrogens is 325 g/mol. The number of aromatic amines is 1. The predicted molar refractivity (Wildman–Crippen MR) is 86.3 cm³/mol. The molecule has 1 amide bonds. The Morgan fingerprint density at radius 3 is 3.00 bits per heavy atom. The van der Waals surface area contributed by atoms with Gasteiger partial charge in [0, 0.05) is 18.7 Å². The first-order valence-electron chi connectivity index (χ1n) is 8.01. The predicted octanol–water partition coefficient (Wildman–Crippen LogP) is 2.54. The number of halogens is 1. The summed E-state index contributed by atoms with van der Waals surface area (Å²) in [6, 6.07) is 6.30. The number of nitrogens with zero attached hydrogens (tertiary/aromatic N) is 4. The van der Waals surface area contributed by atoms with Crippen LogP contribution in [-0.4, -0.2) is 44.2 Å². The maximum atomic E-state index is 14.1. The van der Waals surface area contributed by atoms with Crippen molar-refractivity contribution in [1.29, 1.82) is 0 Å². The monoisotopic (exact) mass is 341 g/mol. The molecule has 3 heterocycles. The minimum Gasteiger partial charge on any atom is -0.339 e. The van der Waals surface area contributed by atoms with Gasteiger partial charge in [-0.1, -0.05) is 17.3 Å². The van der Waals surface area contributed by atoms with Gasteiger partial charge in [-0.25, -0.2) is 4.39 Å². The van der Waals surface area contributed by atoms with Crippen molar-refractivity contribution in [2.45, 2.75) is 19.3 Å². The third kappa shape index (κ3) is 2.79. The number of benzene rings is 1. The quantitative estimate of drug-likeness (QED) is 0.791. The molecule has 1 aromatic carbocycles. The first-order valence-corrected chi connectivity index (χ1v) is 8.01. The Hall–Kier alpha value is -3.03. The van der Waals surface area contributed by atoms with Crippen LogP contribution in [0.15, 0.2) is 35.0 Å². The van der Waals surface area contributed by atoms with Crippen LogP contribution in [0.4, 0.5) is 4.39 Å². The number of aromatic nitrogens is 4. The van der Waals surface area contributed by atoms with Crippen LogP contribution >= 0.6 is 0 Å². The van der Waals surface area contributed by atoms with E-state index >= 15 is 0 Å². The van der Waals surface area contributed by atoms with Crippen LogP contribution in [-0.2, 0) is 0 Å². The van der Waals surface area contributed by atoms with E-state index in [9.17, 15) is 9.18 Å². The van der Waals surface area contributed by atoms with E-state index in [1.165, 1.54) is 12.3 Å². The first kappa shape index (κ1) is 15.5. The smallest absolute Gasteiger partial charge is 0.257 e. The lowest BCUT2D eigenvalue weighted by Gasteiger charge is -2.16. The van der Waals surface area contributed by atoms with E-state index < -0.39 is 5.82 Å². The molecule has 1 saturated heterocycles. The Morgan fingerprint density at radius 1 is 1.40 bits per heavy atom. The van der Waals surface area contributed by atoms with Gasteiger partial charge in [-0.3, -0.25) is 9.89 Å². The van der Waals surface area contributed by atoms with E-state index in [1.54, 1.807) is 30.0 Å². The number of amides is 1. The van der Waals surface area contributed by atoms with Gasteiger partial charge in [0.05, 0.1) is 23.4 Å². The number of aryl methyl sites for hydroxylation is 1. The summed E-state index contributed by atoms with van der Waals surface area (Å²) in [5.74, 6) is 0.562. The third-order valence-electron chi connectivity index (χ3n) is 4.38. The van der Waals surface area contributed by atoms with Crippen molar-refractivity contribution >= 4 is 5.91 Å².